The van der Waals surface area contributed by atoms with Gasteiger partial charge in [0.2, 0.25) is 0 Å². The molecule has 0 aromatic heterocycles. The first-order chi connectivity index (χ1) is 8.96. The zero-order valence-electron chi connectivity index (χ0n) is 10.9. The summed E-state index contributed by atoms with van der Waals surface area (Å²) >= 11 is 0. The minimum absolute atomic E-state index is 0.0572. The standard InChI is InChI=1S/C12H19F3N2O2/c1-2-3-4-5-6-17(11(18)12(13,14)15)16-7-9-19-10-8-16/h4-5H,2-3,6-10H2,1H3/b5-4+. The van der Waals surface area contributed by atoms with Gasteiger partial charge in [-0.05, 0) is 6.42 Å². The molecule has 0 bridgehead atoms. The third-order valence-electron chi connectivity index (χ3n) is 2.71. The average Bonchev–Trinajstić information content (AvgIpc) is 2.38. The van der Waals surface area contributed by atoms with E-state index in [1.165, 1.54) is 5.01 Å². The van der Waals surface area contributed by atoms with Crippen molar-refractivity contribution in [1.82, 2.24) is 10.0 Å². The summed E-state index contributed by atoms with van der Waals surface area (Å²) in [7, 11) is 0. The highest BCUT2D eigenvalue weighted by atomic mass is 19.4. The lowest BCUT2D eigenvalue weighted by atomic mass is 10.3. The van der Waals surface area contributed by atoms with Crippen molar-refractivity contribution in [1.29, 1.82) is 0 Å². The average molecular weight is 280 g/mol. The smallest absolute Gasteiger partial charge is 0.379 e. The monoisotopic (exact) mass is 280 g/mol. The van der Waals surface area contributed by atoms with Crippen LogP contribution >= 0.6 is 0 Å². The Morgan fingerprint density at radius 2 is 1.95 bits per heavy atom. The first-order valence-corrected chi connectivity index (χ1v) is 6.33. The normalized spacial score (nSPS) is 17.9. The SMILES string of the molecule is CCC/C=C/CN(C(=O)C(F)(F)F)N1CCOCC1. The highest BCUT2D eigenvalue weighted by molar-refractivity contribution is 5.81. The van der Waals surface area contributed by atoms with Crippen LogP contribution in [0.25, 0.3) is 0 Å². The predicted molar refractivity (Wildman–Crippen MR) is 64.2 cm³/mol. The number of hydrogen-bond donors (Lipinski definition) is 0. The molecule has 1 rings (SSSR count). The molecule has 1 heterocycles. The van der Waals surface area contributed by atoms with Crippen LogP contribution < -0.4 is 0 Å². The molecule has 1 amide bonds. The Bertz CT molecular complexity index is 313. The van der Waals surface area contributed by atoms with E-state index in [0.717, 1.165) is 17.9 Å². The third kappa shape index (κ3) is 5.20. The molecule has 0 N–H and O–H groups in total. The third-order valence-corrected chi connectivity index (χ3v) is 2.71. The van der Waals surface area contributed by atoms with Crippen molar-refractivity contribution in [3.8, 4) is 0 Å². The van der Waals surface area contributed by atoms with Crippen LogP contribution in [0.2, 0.25) is 0 Å². The fourth-order valence-corrected chi connectivity index (χ4v) is 1.73. The van der Waals surface area contributed by atoms with E-state index >= 15 is 0 Å². The van der Waals surface area contributed by atoms with Gasteiger partial charge in [0.25, 0.3) is 0 Å². The zero-order chi connectivity index (χ0) is 14.3. The summed E-state index contributed by atoms with van der Waals surface area (Å²) < 4.78 is 42.7. The number of hydrazine groups is 1. The van der Waals surface area contributed by atoms with Crippen LogP contribution in [0, 0.1) is 0 Å². The van der Waals surface area contributed by atoms with Gasteiger partial charge in [-0.2, -0.15) is 13.2 Å². The second-order valence-corrected chi connectivity index (χ2v) is 4.21. The van der Waals surface area contributed by atoms with Gasteiger partial charge in [-0.15, -0.1) is 0 Å². The van der Waals surface area contributed by atoms with Crippen LogP contribution in [0.5, 0.6) is 0 Å². The number of morpholine rings is 1. The second kappa shape index (κ2) is 7.49. The number of alkyl halides is 3. The molecule has 0 saturated carbocycles. The highest BCUT2D eigenvalue weighted by Crippen LogP contribution is 2.20. The van der Waals surface area contributed by atoms with E-state index in [4.69, 9.17) is 4.74 Å². The Labute approximate surface area is 110 Å². The number of allylic oxidation sites excluding steroid dienone is 1. The van der Waals surface area contributed by atoms with Crippen molar-refractivity contribution in [3.05, 3.63) is 12.2 Å². The van der Waals surface area contributed by atoms with E-state index in [1.807, 2.05) is 6.92 Å². The van der Waals surface area contributed by atoms with Crippen LogP contribution in [-0.2, 0) is 9.53 Å². The Morgan fingerprint density at radius 3 is 2.47 bits per heavy atom. The Kier molecular flexibility index (Phi) is 6.30. The summed E-state index contributed by atoms with van der Waals surface area (Å²) in [6.45, 7) is 3.18. The van der Waals surface area contributed by atoms with Crippen LogP contribution in [-0.4, -0.2) is 54.9 Å². The van der Waals surface area contributed by atoms with Gasteiger partial charge >= 0.3 is 12.1 Å². The van der Waals surface area contributed by atoms with Crippen LogP contribution in [0.15, 0.2) is 12.2 Å². The van der Waals surface area contributed by atoms with E-state index in [2.05, 4.69) is 0 Å². The van der Waals surface area contributed by atoms with Gasteiger partial charge in [0.15, 0.2) is 0 Å². The molecule has 0 aromatic rings. The fraction of sp³-hybridized carbons (Fsp3) is 0.750. The molecular formula is C12H19F3N2O2. The molecule has 0 spiro atoms. The summed E-state index contributed by atoms with van der Waals surface area (Å²) in [4.78, 5) is 11.4. The molecule has 1 aliphatic heterocycles. The van der Waals surface area contributed by atoms with Gasteiger partial charge in [0, 0.05) is 13.1 Å². The van der Waals surface area contributed by atoms with E-state index in [0.29, 0.717) is 26.3 Å². The van der Waals surface area contributed by atoms with Crippen molar-refractivity contribution in [2.45, 2.75) is 25.9 Å². The fourth-order valence-electron chi connectivity index (χ4n) is 1.73. The van der Waals surface area contributed by atoms with Gasteiger partial charge < -0.3 is 4.74 Å². The van der Waals surface area contributed by atoms with E-state index in [1.54, 1.807) is 12.2 Å². The molecule has 19 heavy (non-hydrogen) atoms. The summed E-state index contributed by atoms with van der Waals surface area (Å²) in [5.41, 5.74) is 0. The molecule has 110 valence electrons. The molecule has 0 radical (unpaired) electrons. The Hall–Kier alpha value is -1.08. The van der Waals surface area contributed by atoms with Gasteiger partial charge in [0.1, 0.15) is 0 Å². The van der Waals surface area contributed by atoms with E-state index in [9.17, 15) is 18.0 Å². The van der Waals surface area contributed by atoms with Crippen molar-refractivity contribution in [3.63, 3.8) is 0 Å². The van der Waals surface area contributed by atoms with Crippen LogP contribution in [0.3, 0.4) is 0 Å². The summed E-state index contributed by atoms with van der Waals surface area (Å²) in [5, 5.41) is 2.16. The van der Waals surface area contributed by atoms with Gasteiger partial charge in [0.05, 0.1) is 19.8 Å². The Morgan fingerprint density at radius 1 is 1.32 bits per heavy atom. The number of carbonyl (C=O) groups is 1. The summed E-state index contributed by atoms with van der Waals surface area (Å²) in [6.07, 6.45) is 0.245. The molecule has 7 heteroatoms. The van der Waals surface area contributed by atoms with Crippen molar-refractivity contribution in [2.24, 2.45) is 0 Å². The lowest BCUT2D eigenvalue weighted by Gasteiger charge is -2.36. The first kappa shape index (κ1) is 16.0. The first-order valence-electron chi connectivity index (χ1n) is 6.33. The number of hydrogen-bond acceptors (Lipinski definition) is 3. The van der Waals surface area contributed by atoms with Gasteiger partial charge in [-0.1, -0.05) is 25.5 Å². The number of amides is 1. The largest absolute Gasteiger partial charge is 0.472 e. The Balaban J connectivity index is 2.69. The maximum atomic E-state index is 12.6. The lowest BCUT2D eigenvalue weighted by Crippen LogP contribution is -2.55. The quantitative estimate of drug-likeness (QED) is 0.722. The second-order valence-electron chi connectivity index (χ2n) is 4.21. The van der Waals surface area contributed by atoms with E-state index < -0.39 is 12.1 Å². The highest BCUT2D eigenvalue weighted by Gasteiger charge is 2.44. The number of halogens is 3. The maximum absolute atomic E-state index is 12.6. The number of ether oxygens (including phenoxy) is 1. The zero-order valence-corrected chi connectivity index (χ0v) is 10.9. The van der Waals surface area contributed by atoms with E-state index in [-0.39, 0.29) is 6.54 Å². The molecule has 1 fully saturated rings. The molecule has 0 unspecified atom stereocenters. The van der Waals surface area contributed by atoms with Gasteiger partial charge in [-0.3, -0.25) is 9.80 Å². The van der Waals surface area contributed by atoms with Crippen molar-refractivity contribution < 1.29 is 22.7 Å². The summed E-state index contributed by atoms with van der Waals surface area (Å²) in [6, 6.07) is 0. The molecule has 1 aliphatic rings. The maximum Gasteiger partial charge on any atom is 0.472 e. The number of carbonyl (C=O) groups excluding carboxylic acids is 1. The number of rotatable bonds is 5. The summed E-state index contributed by atoms with van der Waals surface area (Å²) in [5.74, 6) is -1.82. The number of nitrogens with zero attached hydrogens (tertiary/aromatic N) is 2. The number of unbranched alkanes of at least 4 members (excludes halogenated alkanes) is 1. The van der Waals surface area contributed by atoms with Crippen molar-refractivity contribution >= 4 is 5.91 Å². The minimum Gasteiger partial charge on any atom is -0.379 e. The molecule has 0 aliphatic carbocycles. The molecular weight excluding hydrogens is 261 g/mol. The minimum atomic E-state index is -4.85. The van der Waals surface area contributed by atoms with Gasteiger partial charge in [-0.25, -0.2) is 5.01 Å². The molecule has 1 saturated heterocycles. The van der Waals surface area contributed by atoms with Crippen LogP contribution in [0.4, 0.5) is 13.2 Å². The lowest BCUT2D eigenvalue weighted by molar-refractivity contribution is -0.205. The van der Waals surface area contributed by atoms with Crippen LogP contribution in [0.1, 0.15) is 19.8 Å². The molecule has 4 nitrogen and oxygen atoms in total. The molecule has 0 aromatic carbocycles. The van der Waals surface area contributed by atoms with Crippen molar-refractivity contribution in [2.75, 3.05) is 32.8 Å². The topological polar surface area (TPSA) is 32.8 Å². The molecule has 0 atom stereocenters. The predicted octanol–water partition coefficient (Wildman–Crippen LogP) is 1.98.